The van der Waals surface area contributed by atoms with Crippen molar-refractivity contribution < 1.29 is 9.84 Å². The maximum absolute atomic E-state index is 10.2. The van der Waals surface area contributed by atoms with E-state index in [2.05, 4.69) is 46.9 Å². The minimum absolute atomic E-state index is 0.0420. The van der Waals surface area contributed by atoms with Gasteiger partial charge in [-0.1, -0.05) is 20.8 Å². The molecule has 0 unspecified atom stereocenters. The molecule has 0 spiro atoms. The SMILES string of the molecule is CCOc1ccc(N=Nc2cc(C(C)(C)C)cc(Br)c2O)cc1. The summed E-state index contributed by atoms with van der Waals surface area (Å²) in [5.74, 6) is 0.888. The zero-order valence-electron chi connectivity index (χ0n) is 13.8. The molecule has 122 valence electrons. The summed E-state index contributed by atoms with van der Waals surface area (Å²) >= 11 is 3.37. The van der Waals surface area contributed by atoms with Crippen LogP contribution in [0.1, 0.15) is 33.3 Å². The third-order valence-corrected chi connectivity index (χ3v) is 3.93. The first-order valence-electron chi connectivity index (χ1n) is 7.49. The third-order valence-electron chi connectivity index (χ3n) is 3.33. The molecule has 0 aromatic heterocycles. The van der Waals surface area contributed by atoms with E-state index in [1.54, 1.807) is 0 Å². The fraction of sp³-hybridized carbons (Fsp3) is 0.333. The van der Waals surface area contributed by atoms with Crippen molar-refractivity contribution in [1.82, 2.24) is 0 Å². The van der Waals surface area contributed by atoms with E-state index in [0.29, 0.717) is 22.5 Å². The van der Waals surface area contributed by atoms with Gasteiger partial charge in [-0.15, -0.1) is 5.11 Å². The van der Waals surface area contributed by atoms with Crippen molar-refractivity contribution in [1.29, 1.82) is 0 Å². The maximum atomic E-state index is 10.2. The largest absolute Gasteiger partial charge is 0.505 e. The van der Waals surface area contributed by atoms with Crippen molar-refractivity contribution in [2.45, 2.75) is 33.1 Å². The van der Waals surface area contributed by atoms with E-state index in [1.165, 1.54) is 0 Å². The Labute approximate surface area is 145 Å². The van der Waals surface area contributed by atoms with E-state index >= 15 is 0 Å². The number of nitrogens with zero attached hydrogens (tertiary/aromatic N) is 2. The van der Waals surface area contributed by atoms with Crippen molar-refractivity contribution in [3.05, 3.63) is 46.4 Å². The lowest BCUT2D eigenvalue weighted by Crippen LogP contribution is -2.10. The molecule has 23 heavy (non-hydrogen) atoms. The van der Waals surface area contributed by atoms with Gasteiger partial charge in [-0.05, 0) is 70.2 Å². The summed E-state index contributed by atoms with van der Waals surface area (Å²) in [7, 11) is 0. The molecule has 0 saturated heterocycles. The minimum atomic E-state index is -0.0420. The van der Waals surface area contributed by atoms with Gasteiger partial charge in [-0.3, -0.25) is 0 Å². The normalized spacial score (nSPS) is 11.9. The lowest BCUT2D eigenvalue weighted by Gasteiger charge is -2.20. The van der Waals surface area contributed by atoms with Crippen molar-refractivity contribution >= 4 is 27.3 Å². The van der Waals surface area contributed by atoms with Gasteiger partial charge in [0.1, 0.15) is 11.4 Å². The number of ether oxygens (including phenoxy) is 1. The first-order chi connectivity index (χ1) is 10.8. The fourth-order valence-electron chi connectivity index (χ4n) is 1.98. The van der Waals surface area contributed by atoms with Crippen LogP contribution in [0.3, 0.4) is 0 Å². The number of rotatable bonds is 4. The Morgan fingerprint density at radius 2 is 1.74 bits per heavy atom. The summed E-state index contributed by atoms with van der Waals surface area (Å²) in [6.07, 6.45) is 0. The van der Waals surface area contributed by atoms with Crippen LogP contribution in [0.5, 0.6) is 11.5 Å². The van der Waals surface area contributed by atoms with Crippen LogP contribution in [-0.2, 0) is 5.41 Å². The second-order valence-corrected chi connectivity index (χ2v) is 7.06. The average Bonchev–Trinajstić information content (AvgIpc) is 2.49. The Kier molecular flexibility index (Phi) is 5.42. The first-order valence-corrected chi connectivity index (χ1v) is 8.28. The van der Waals surface area contributed by atoms with Crippen LogP contribution in [0.25, 0.3) is 0 Å². The predicted molar refractivity (Wildman–Crippen MR) is 96.3 cm³/mol. The number of hydrogen-bond acceptors (Lipinski definition) is 4. The molecule has 0 amide bonds. The Morgan fingerprint density at radius 1 is 1.09 bits per heavy atom. The van der Waals surface area contributed by atoms with Crippen LogP contribution < -0.4 is 4.74 Å². The third kappa shape index (κ3) is 4.55. The van der Waals surface area contributed by atoms with E-state index in [1.807, 2.05) is 43.3 Å². The highest BCUT2D eigenvalue weighted by Crippen LogP contribution is 2.39. The summed E-state index contributed by atoms with van der Waals surface area (Å²) in [6.45, 7) is 8.90. The molecule has 0 saturated carbocycles. The predicted octanol–water partition coefficient (Wildman–Crippen LogP) is 6.27. The number of benzene rings is 2. The average molecular weight is 377 g/mol. The summed E-state index contributed by atoms with van der Waals surface area (Å²) in [4.78, 5) is 0. The number of halogens is 1. The molecule has 2 aromatic rings. The number of phenols is 1. The number of phenolic OH excluding ortho intramolecular Hbond substituents is 1. The molecule has 4 nitrogen and oxygen atoms in total. The molecule has 2 aromatic carbocycles. The van der Waals surface area contributed by atoms with Gasteiger partial charge in [-0.25, -0.2) is 0 Å². The lowest BCUT2D eigenvalue weighted by atomic mass is 9.87. The van der Waals surface area contributed by atoms with Gasteiger partial charge in [0.15, 0.2) is 5.75 Å². The van der Waals surface area contributed by atoms with Crippen LogP contribution >= 0.6 is 15.9 Å². The zero-order valence-corrected chi connectivity index (χ0v) is 15.4. The molecule has 1 N–H and O–H groups in total. The van der Waals surface area contributed by atoms with Crippen molar-refractivity contribution in [3.63, 3.8) is 0 Å². The Hall–Kier alpha value is -1.88. The minimum Gasteiger partial charge on any atom is -0.505 e. The molecular weight excluding hydrogens is 356 g/mol. The molecule has 0 bridgehead atoms. The Bertz CT molecular complexity index is 704. The van der Waals surface area contributed by atoms with Gasteiger partial charge in [0.05, 0.1) is 16.8 Å². The van der Waals surface area contributed by atoms with Crippen molar-refractivity contribution in [2.24, 2.45) is 10.2 Å². The van der Waals surface area contributed by atoms with Crippen LogP contribution in [-0.4, -0.2) is 11.7 Å². The van der Waals surface area contributed by atoms with Gasteiger partial charge in [-0.2, -0.15) is 5.11 Å². The number of hydrogen-bond donors (Lipinski definition) is 1. The van der Waals surface area contributed by atoms with Crippen LogP contribution in [0.2, 0.25) is 0 Å². The first kappa shape index (κ1) is 17.5. The molecule has 0 heterocycles. The van der Waals surface area contributed by atoms with Crippen LogP contribution in [0.15, 0.2) is 51.1 Å². The van der Waals surface area contributed by atoms with Gasteiger partial charge in [0, 0.05) is 0 Å². The molecule has 0 aliphatic heterocycles. The summed E-state index contributed by atoms with van der Waals surface area (Å²) in [5, 5.41) is 18.5. The molecule has 0 aliphatic carbocycles. The van der Waals surface area contributed by atoms with E-state index in [4.69, 9.17) is 4.74 Å². The molecule has 0 radical (unpaired) electrons. The smallest absolute Gasteiger partial charge is 0.157 e. The highest BCUT2D eigenvalue weighted by Gasteiger charge is 2.17. The summed E-state index contributed by atoms with van der Waals surface area (Å²) in [5.41, 5.74) is 2.17. The van der Waals surface area contributed by atoms with Crippen molar-refractivity contribution in [2.75, 3.05) is 6.61 Å². The standard InChI is InChI=1S/C18H21BrN2O2/c1-5-23-14-8-6-13(7-9-14)20-21-16-11-12(18(2,3)4)10-15(19)17(16)22/h6-11,22H,5H2,1-4H3. The van der Waals surface area contributed by atoms with E-state index in [-0.39, 0.29) is 11.2 Å². The summed E-state index contributed by atoms with van der Waals surface area (Å²) in [6, 6.07) is 11.1. The highest BCUT2D eigenvalue weighted by molar-refractivity contribution is 9.10. The van der Waals surface area contributed by atoms with Gasteiger partial charge >= 0.3 is 0 Å². The Morgan fingerprint density at radius 3 is 2.30 bits per heavy atom. The maximum Gasteiger partial charge on any atom is 0.157 e. The quantitative estimate of drug-likeness (QED) is 0.639. The summed E-state index contributed by atoms with van der Waals surface area (Å²) < 4.78 is 6.01. The second-order valence-electron chi connectivity index (χ2n) is 6.20. The van der Waals surface area contributed by atoms with E-state index in [9.17, 15) is 5.11 Å². The highest BCUT2D eigenvalue weighted by atomic mass is 79.9. The molecule has 0 fully saturated rings. The topological polar surface area (TPSA) is 54.2 Å². The molecule has 0 atom stereocenters. The zero-order chi connectivity index (χ0) is 17.0. The van der Waals surface area contributed by atoms with E-state index in [0.717, 1.165) is 11.3 Å². The molecule has 2 rings (SSSR count). The monoisotopic (exact) mass is 376 g/mol. The van der Waals surface area contributed by atoms with Gasteiger partial charge in [0.25, 0.3) is 0 Å². The molecule has 0 aliphatic rings. The molecule has 5 heteroatoms. The van der Waals surface area contributed by atoms with Crippen LogP contribution in [0, 0.1) is 0 Å². The second kappa shape index (κ2) is 7.13. The number of aromatic hydroxyl groups is 1. The van der Waals surface area contributed by atoms with Crippen molar-refractivity contribution in [3.8, 4) is 11.5 Å². The fourth-order valence-corrected chi connectivity index (χ4v) is 2.43. The van der Waals surface area contributed by atoms with Crippen LogP contribution in [0.4, 0.5) is 11.4 Å². The Balaban J connectivity index is 2.29. The lowest BCUT2D eigenvalue weighted by molar-refractivity contribution is 0.340. The van der Waals surface area contributed by atoms with Gasteiger partial charge < -0.3 is 9.84 Å². The molecular formula is C18H21BrN2O2. The van der Waals surface area contributed by atoms with Gasteiger partial charge in [0.2, 0.25) is 0 Å². The van der Waals surface area contributed by atoms with E-state index < -0.39 is 0 Å². The number of azo groups is 1.